The normalized spacial score (nSPS) is 9.80. The lowest BCUT2D eigenvalue weighted by Crippen LogP contribution is -2.19. The second kappa shape index (κ2) is 4.71. The number of carbonyl (C=O) groups is 1. The SMILES string of the molecule is N#Cc1ccc(NC(=O)C(F)F)cc1Cl. The third kappa shape index (κ3) is 2.89. The standard InChI is InChI=1S/C9H5ClF2N2O/c10-7-3-6(2-1-5(7)4-13)14-9(15)8(11)12/h1-3,8H,(H,14,15). The number of hydrogen-bond acceptors (Lipinski definition) is 2. The topological polar surface area (TPSA) is 52.9 Å². The lowest BCUT2D eigenvalue weighted by Gasteiger charge is -2.04. The van der Waals surface area contributed by atoms with E-state index in [0.717, 1.165) is 0 Å². The number of alkyl halides is 2. The number of nitriles is 1. The highest BCUT2D eigenvalue weighted by Crippen LogP contribution is 2.20. The molecule has 0 aromatic heterocycles. The molecule has 0 spiro atoms. The first-order valence-electron chi connectivity index (χ1n) is 3.83. The molecule has 0 radical (unpaired) electrons. The zero-order valence-electron chi connectivity index (χ0n) is 7.30. The number of rotatable bonds is 2. The predicted molar refractivity (Wildman–Crippen MR) is 50.8 cm³/mol. The summed E-state index contributed by atoms with van der Waals surface area (Å²) in [4.78, 5) is 10.6. The molecule has 1 rings (SSSR count). The van der Waals surface area contributed by atoms with E-state index in [1.807, 2.05) is 5.32 Å². The Morgan fingerprint density at radius 1 is 1.53 bits per heavy atom. The molecule has 1 amide bonds. The molecule has 0 fully saturated rings. The van der Waals surface area contributed by atoms with Gasteiger partial charge in [-0.15, -0.1) is 0 Å². The molecule has 0 aliphatic heterocycles. The molecule has 0 bridgehead atoms. The van der Waals surface area contributed by atoms with Crippen molar-refractivity contribution in [1.82, 2.24) is 0 Å². The van der Waals surface area contributed by atoms with Crippen LogP contribution in [0.4, 0.5) is 14.5 Å². The minimum atomic E-state index is -3.08. The Morgan fingerprint density at radius 2 is 2.20 bits per heavy atom. The molecule has 6 heteroatoms. The van der Waals surface area contributed by atoms with Gasteiger partial charge in [-0.2, -0.15) is 14.0 Å². The molecule has 0 atom stereocenters. The summed E-state index contributed by atoms with van der Waals surface area (Å²) in [5.41, 5.74) is 0.344. The van der Waals surface area contributed by atoms with Crippen molar-refractivity contribution >= 4 is 23.2 Å². The number of nitrogens with one attached hydrogen (secondary N) is 1. The summed E-state index contributed by atoms with van der Waals surface area (Å²) in [5, 5.41) is 10.6. The first-order valence-corrected chi connectivity index (χ1v) is 4.21. The van der Waals surface area contributed by atoms with E-state index in [2.05, 4.69) is 0 Å². The van der Waals surface area contributed by atoms with E-state index in [0.29, 0.717) is 0 Å². The van der Waals surface area contributed by atoms with Crippen molar-refractivity contribution in [3.05, 3.63) is 28.8 Å². The van der Waals surface area contributed by atoms with Crippen molar-refractivity contribution in [3.8, 4) is 6.07 Å². The molecular weight excluding hydrogens is 226 g/mol. The average molecular weight is 231 g/mol. The van der Waals surface area contributed by atoms with Crippen molar-refractivity contribution in [3.63, 3.8) is 0 Å². The zero-order valence-corrected chi connectivity index (χ0v) is 8.05. The van der Waals surface area contributed by atoms with E-state index in [-0.39, 0.29) is 16.3 Å². The molecule has 1 aromatic carbocycles. The van der Waals surface area contributed by atoms with E-state index >= 15 is 0 Å². The highest BCUT2D eigenvalue weighted by Gasteiger charge is 2.15. The number of anilines is 1. The van der Waals surface area contributed by atoms with Crippen molar-refractivity contribution in [2.45, 2.75) is 6.43 Å². The van der Waals surface area contributed by atoms with Crippen molar-refractivity contribution in [2.75, 3.05) is 5.32 Å². The number of halogens is 3. The van der Waals surface area contributed by atoms with Crippen molar-refractivity contribution < 1.29 is 13.6 Å². The van der Waals surface area contributed by atoms with Crippen LogP contribution in [0.15, 0.2) is 18.2 Å². The Labute approximate surface area is 89.3 Å². The van der Waals surface area contributed by atoms with Gasteiger partial charge in [0.2, 0.25) is 0 Å². The zero-order chi connectivity index (χ0) is 11.4. The van der Waals surface area contributed by atoms with Crippen molar-refractivity contribution in [1.29, 1.82) is 5.26 Å². The fourth-order valence-electron chi connectivity index (χ4n) is 0.880. The Kier molecular flexibility index (Phi) is 3.58. The van der Waals surface area contributed by atoms with Crippen LogP contribution in [0.2, 0.25) is 5.02 Å². The van der Waals surface area contributed by atoms with Crippen LogP contribution < -0.4 is 5.32 Å². The average Bonchev–Trinajstić information content (AvgIpc) is 2.18. The number of carbonyl (C=O) groups excluding carboxylic acids is 1. The van der Waals surface area contributed by atoms with E-state index in [1.165, 1.54) is 18.2 Å². The molecular formula is C9H5ClF2N2O. The van der Waals surface area contributed by atoms with Crippen LogP contribution in [0.1, 0.15) is 5.56 Å². The van der Waals surface area contributed by atoms with Crippen LogP contribution in [0, 0.1) is 11.3 Å². The van der Waals surface area contributed by atoms with Gasteiger partial charge in [0.15, 0.2) is 0 Å². The van der Waals surface area contributed by atoms with Gasteiger partial charge in [0.25, 0.3) is 5.91 Å². The summed E-state index contributed by atoms with van der Waals surface area (Å²) in [6.45, 7) is 0. The number of nitrogens with zero attached hydrogens (tertiary/aromatic N) is 1. The summed E-state index contributed by atoms with van der Waals surface area (Å²) in [6.07, 6.45) is -3.08. The molecule has 1 N–H and O–H groups in total. The van der Waals surface area contributed by atoms with E-state index < -0.39 is 12.3 Å². The third-order valence-corrected chi connectivity index (χ3v) is 1.87. The van der Waals surface area contributed by atoms with Gasteiger partial charge in [-0.1, -0.05) is 11.6 Å². The molecule has 0 heterocycles. The molecule has 1 aromatic rings. The first kappa shape index (κ1) is 11.4. The number of benzene rings is 1. The predicted octanol–water partition coefficient (Wildman–Crippen LogP) is 2.42. The van der Waals surface area contributed by atoms with E-state index in [4.69, 9.17) is 16.9 Å². The number of hydrogen-bond donors (Lipinski definition) is 1. The van der Waals surface area contributed by atoms with Gasteiger partial charge in [0.05, 0.1) is 10.6 Å². The largest absolute Gasteiger partial charge is 0.321 e. The lowest BCUT2D eigenvalue weighted by atomic mass is 10.2. The maximum Gasteiger partial charge on any atom is 0.315 e. The number of amides is 1. The molecule has 0 saturated carbocycles. The molecule has 3 nitrogen and oxygen atoms in total. The van der Waals surface area contributed by atoms with Gasteiger partial charge in [-0.05, 0) is 18.2 Å². The smallest absolute Gasteiger partial charge is 0.315 e. The minimum Gasteiger partial charge on any atom is -0.321 e. The Balaban J connectivity index is 2.86. The molecule has 0 aliphatic rings. The van der Waals surface area contributed by atoms with Crippen LogP contribution in [0.5, 0.6) is 0 Å². The van der Waals surface area contributed by atoms with Crippen LogP contribution >= 0.6 is 11.6 Å². The van der Waals surface area contributed by atoms with E-state index in [1.54, 1.807) is 6.07 Å². The fraction of sp³-hybridized carbons (Fsp3) is 0.111. The monoisotopic (exact) mass is 230 g/mol. The molecule has 15 heavy (non-hydrogen) atoms. The van der Waals surface area contributed by atoms with Crippen LogP contribution in [0.3, 0.4) is 0 Å². The Morgan fingerprint density at radius 3 is 2.67 bits per heavy atom. The van der Waals surface area contributed by atoms with Crippen LogP contribution in [-0.2, 0) is 4.79 Å². The summed E-state index contributed by atoms with van der Waals surface area (Å²) in [5.74, 6) is -1.41. The van der Waals surface area contributed by atoms with Gasteiger partial charge in [-0.3, -0.25) is 4.79 Å². The van der Waals surface area contributed by atoms with Gasteiger partial charge in [0, 0.05) is 5.69 Å². The molecule has 0 aliphatic carbocycles. The molecule has 0 unspecified atom stereocenters. The highest BCUT2D eigenvalue weighted by atomic mass is 35.5. The summed E-state index contributed by atoms with van der Waals surface area (Å²) < 4.78 is 23.7. The lowest BCUT2D eigenvalue weighted by molar-refractivity contribution is -0.126. The van der Waals surface area contributed by atoms with Gasteiger partial charge in [0.1, 0.15) is 6.07 Å². The Bertz CT molecular complexity index is 429. The fourth-order valence-corrected chi connectivity index (χ4v) is 1.10. The minimum absolute atomic E-state index is 0.101. The van der Waals surface area contributed by atoms with E-state index in [9.17, 15) is 13.6 Å². The summed E-state index contributed by atoms with van der Waals surface area (Å²) >= 11 is 5.63. The highest BCUT2D eigenvalue weighted by molar-refractivity contribution is 6.32. The third-order valence-electron chi connectivity index (χ3n) is 1.56. The second-order valence-electron chi connectivity index (χ2n) is 2.60. The first-order chi connectivity index (χ1) is 7.04. The van der Waals surface area contributed by atoms with Crippen LogP contribution in [0.25, 0.3) is 0 Å². The van der Waals surface area contributed by atoms with Gasteiger partial charge < -0.3 is 5.32 Å². The van der Waals surface area contributed by atoms with Gasteiger partial charge >= 0.3 is 6.43 Å². The Hall–Kier alpha value is -1.67. The maximum atomic E-state index is 11.9. The maximum absolute atomic E-state index is 11.9. The molecule has 0 saturated heterocycles. The van der Waals surface area contributed by atoms with Gasteiger partial charge in [-0.25, -0.2) is 0 Å². The summed E-state index contributed by atoms with van der Waals surface area (Å²) in [6, 6.07) is 5.70. The van der Waals surface area contributed by atoms with Crippen LogP contribution in [-0.4, -0.2) is 12.3 Å². The molecule has 78 valence electrons. The summed E-state index contributed by atoms with van der Waals surface area (Å²) in [7, 11) is 0. The quantitative estimate of drug-likeness (QED) is 0.848. The second-order valence-corrected chi connectivity index (χ2v) is 3.00. The van der Waals surface area contributed by atoms with Crippen molar-refractivity contribution in [2.24, 2.45) is 0 Å².